The number of halogens is 1. The first-order valence-electron chi connectivity index (χ1n) is 8.80. The van der Waals surface area contributed by atoms with Gasteiger partial charge in [-0.1, -0.05) is 41.4 Å². The van der Waals surface area contributed by atoms with Gasteiger partial charge in [-0.2, -0.15) is 0 Å². The Morgan fingerprint density at radius 1 is 1.33 bits per heavy atom. The highest BCUT2D eigenvalue weighted by atomic mass is 35.5. The molecule has 0 saturated carbocycles. The van der Waals surface area contributed by atoms with Crippen molar-refractivity contribution in [3.05, 3.63) is 74.5 Å². The number of carbonyl (C=O) groups excluding carboxylic acids is 1. The standard InChI is InChI=1S/C21H19ClN2O3/c1-12-4-3-5-14(8-12)9-23-21(26)15-11-24-10-13(2)27-17-7-6-16(22)18(19(17)24)20(15)25/h3-8,11,13H,9-10H2,1-2H3,(H,23,26). The molecule has 1 N–H and O–H groups in total. The summed E-state index contributed by atoms with van der Waals surface area (Å²) in [6.45, 7) is 4.83. The maximum absolute atomic E-state index is 13.0. The summed E-state index contributed by atoms with van der Waals surface area (Å²) in [6, 6.07) is 11.3. The van der Waals surface area contributed by atoms with Crippen LogP contribution < -0.4 is 15.5 Å². The summed E-state index contributed by atoms with van der Waals surface area (Å²) >= 11 is 6.29. The van der Waals surface area contributed by atoms with Gasteiger partial charge in [0.25, 0.3) is 5.91 Å². The highest BCUT2D eigenvalue weighted by Gasteiger charge is 2.24. The summed E-state index contributed by atoms with van der Waals surface area (Å²) in [4.78, 5) is 25.7. The zero-order valence-electron chi connectivity index (χ0n) is 15.1. The Balaban J connectivity index is 1.74. The van der Waals surface area contributed by atoms with Gasteiger partial charge in [-0.15, -0.1) is 0 Å². The molecule has 0 radical (unpaired) electrons. The lowest BCUT2D eigenvalue weighted by atomic mass is 10.1. The van der Waals surface area contributed by atoms with Gasteiger partial charge in [-0.25, -0.2) is 0 Å². The van der Waals surface area contributed by atoms with Crippen molar-refractivity contribution in [3.8, 4) is 5.75 Å². The monoisotopic (exact) mass is 382 g/mol. The third-order valence-electron chi connectivity index (χ3n) is 4.70. The first-order valence-corrected chi connectivity index (χ1v) is 9.18. The predicted molar refractivity (Wildman–Crippen MR) is 106 cm³/mol. The minimum Gasteiger partial charge on any atom is -0.487 e. The maximum atomic E-state index is 13.0. The highest BCUT2D eigenvalue weighted by molar-refractivity contribution is 6.35. The minimum atomic E-state index is -0.409. The van der Waals surface area contributed by atoms with Crippen molar-refractivity contribution in [3.63, 3.8) is 0 Å². The molecule has 1 amide bonds. The number of hydrogen-bond acceptors (Lipinski definition) is 3. The summed E-state index contributed by atoms with van der Waals surface area (Å²) in [5.41, 5.74) is 2.44. The number of nitrogens with zero attached hydrogens (tertiary/aromatic N) is 1. The average Bonchev–Trinajstić information content (AvgIpc) is 2.63. The Labute approximate surface area is 161 Å². The van der Waals surface area contributed by atoms with E-state index in [1.807, 2.05) is 42.7 Å². The molecule has 1 aliphatic heterocycles. The molecule has 6 heteroatoms. The van der Waals surface area contributed by atoms with E-state index in [0.717, 1.165) is 11.1 Å². The van der Waals surface area contributed by atoms with Crippen LogP contribution in [-0.4, -0.2) is 16.6 Å². The highest BCUT2D eigenvalue weighted by Crippen LogP contribution is 2.33. The van der Waals surface area contributed by atoms with Crippen molar-refractivity contribution in [2.45, 2.75) is 33.0 Å². The number of carbonyl (C=O) groups is 1. The molecule has 1 atom stereocenters. The van der Waals surface area contributed by atoms with Gasteiger partial charge in [0.2, 0.25) is 5.43 Å². The number of benzene rings is 2. The van der Waals surface area contributed by atoms with Crippen molar-refractivity contribution in [2.24, 2.45) is 0 Å². The molecule has 138 valence electrons. The zero-order chi connectivity index (χ0) is 19.1. The molecule has 0 aliphatic carbocycles. The van der Waals surface area contributed by atoms with Crippen LogP contribution in [0.15, 0.2) is 47.4 Å². The topological polar surface area (TPSA) is 60.3 Å². The van der Waals surface area contributed by atoms with Crippen LogP contribution in [0.1, 0.15) is 28.4 Å². The lowest BCUT2D eigenvalue weighted by molar-refractivity contribution is 0.0948. The second-order valence-corrected chi connectivity index (χ2v) is 7.30. The van der Waals surface area contributed by atoms with Crippen molar-refractivity contribution >= 4 is 28.4 Å². The molecule has 2 heterocycles. The van der Waals surface area contributed by atoms with Gasteiger partial charge in [-0.3, -0.25) is 9.59 Å². The Hall–Kier alpha value is -2.79. The molecular formula is C21H19ClN2O3. The number of ether oxygens (including phenoxy) is 1. The first-order chi connectivity index (χ1) is 12.9. The number of aromatic nitrogens is 1. The van der Waals surface area contributed by atoms with E-state index in [0.29, 0.717) is 34.8 Å². The molecule has 1 aromatic heterocycles. The van der Waals surface area contributed by atoms with E-state index in [9.17, 15) is 9.59 Å². The van der Waals surface area contributed by atoms with Crippen LogP contribution in [0.4, 0.5) is 0 Å². The number of amides is 1. The second kappa shape index (κ2) is 6.74. The lowest BCUT2D eigenvalue weighted by Gasteiger charge is -2.26. The van der Waals surface area contributed by atoms with Gasteiger partial charge >= 0.3 is 0 Å². The Morgan fingerprint density at radius 2 is 2.15 bits per heavy atom. The van der Waals surface area contributed by atoms with Crippen molar-refractivity contribution in [2.75, 3.05) is 0 Å². The maximum Gasteiger partial charge on any atom is 0.257 e. The molecule has 4 rings (SSSR count). The normalized spacial score (nSPS) is 15.4. The predicted octanol–water partition coefficient (Wildman–Crippen LogP) is 3.67. The molecule has 3 aromatic rings. The largest absolute Gasteiger partial charge is 0.487 e. The molecule has 1 aliphatic rings. The van der Waals surface area contributed by atoms with Gasteiger partial charge in [-0.05, 0) is 31.5 Å². The fraction of sp³-hybridized carbons (Fsp3) is 0.238. The summed E-state index contributed by atoms with van der Waals surface area (Å²) in [6.07, 6.45) is 1.54. The van der Waals surface area contributed by atoms with E-state index >= 15 is 0 Å². The quantitative estimate of drug-likeness (QED) is 0.751. The smallest absolute Gasteiger partial charge is 0.257 e. The van der Waals surface area contributed by atoms with E-state index in [1.54, 1.807) is 18.3 Å². The van der Waals surface area contributed by atoms with Crippen molar-refractivity contribution in [1.82, 2.24) is 9.88 Å². The van der Waals surface area contributed by atoms with Gasteiger partial charge in [0.15, 0.2) is 0 Å². The van der Waals surface area contributed by atoms with Crippen LogP contribution >= 0.6 is 11.6 Å². The van der Waals surface area contributed by atoms with Gasteiger partial charge in [0.05, 0.1) is 22.5 Å². The molecule has 0 saturated heterocycles. The number of rotatable bonds is 3. The van der Waals surface area contributed by atoms with Gasteiger partial charge < -0.3 is 14.6 Å². The van der Waals surface area contributed by atoms with E-state index in [4.69, 9.17) is 16.3 Å². The molecule has 0 spiro atoms. The van der Waals surface area contributed by atoms with Crippen LogP contribution in [0.5, 0.6) is 5.75 Å². The SMILES string of the molecule is Cc1cccc(CNC(=O)c2cn3c4c(ccc(Cl)c4c2=O)OC(C)C3)c1. The second-order valence-electron chi connectivity index (χ2n) is 6.89. The molecular weight excluding hydrogens is 364 g/mol. The van der Waals surface area contributed by atoms with E-state index in [1.165, 1.54) is 0 Å². The molecule has 1 unspecified atom stereocenters. The summed E-state index contributed by atoms with van der Waals surface area (Å²) < 4.78 is 7.69. The third kappa shape index (κ3) is 3.19. The van der Waals surface area contributed by atoms with Gasteiger partial charge in [0, 0.05) is 12.7 Å². The molecule has 0 fully saturated rings. The number of nitrogens with one attached hydrogen (secondary N) is 1. The Morgan fingerprint density at radius 3 is 2.93 bits per heavy atom. The summed E-state index contributed by atoms with van der Waals surface area (Å²) in [5, 5.41) is 3.48. The van der Waals surface area contributed by atoms with Crippen LogP contribution in [0.2, 0.25) is 5.02 Å². The summed E-state index contributed by atoms with van der Waals surface area (Å²) in [5.74, 6) is 0.199. The third-order valence-corrected chi connectivity index (χ3v) is 5.01. The van der Waals surface area contributed by atoms with Crippen LogP contribution in [0.25, 0.3) is 10.9 Å². The lowest BCUT2D eigenvalue weighted by Crippen LogP contribution is -2.32. The fourth-order valence-electron chi connectivity index (χ4n) is 3.49. The van der Waals surface area contributed by atoms with Crippen LogP contribution in [0, 0.1) is 6.92 Å². The van der Waals surface area contributed by atoms with Gasteiger partial charge in [0.1, 0.15) is 17.4 Å². The molecule has 5 nitrogen and oxygen atoms in total. The Kier molecular flexibility index (Phi) is 4.40. The van der Waals surface area contributed by atoms with Crippen molar-refractivity contribution < 1.29 is 9.53 Å². The molecule has 0 bridgehead atoms. The van der Waals surface area contributed by atoms with Crippen LogP contribution in [-0.2, 0) is 13.1 Å². The molecule has 2 aromatic carbocycles. The molecule has 27 heavy (non-hydrogen) atoms. The van der Waals surface area contributed by atoms with Crippen LogP contribution in [0.3, 0.4) is 0 Å². The summed E-state index contributed by atoms with van der Waals surface area (Å²) in [7, 11) is 0. The number of pyridine rings is 1. The van der Waals surface area contributed by atoms with Crippen molar-refractivity contribution in [1.29, 1.82) is 0 Å². The first kappa shape index (κ1) is 17.6. The Bertz CT molecular complexity index is 1120. The average molecular weight is 383 g/mol. The fourth-order valence-corrected chi connectivity index (χ4v) is 3.73. The number of hydrogen-bond donors (Lipinski definition) is 1. The zero-order valence-corrected chi connectivity index (χ0v) is 15.8. The number of aryl methyl sites for hydroxylation is 1. The van der Waals surface area contributed by atoms with E-state index in [-0.39, 0.29) is 17.1 Å². The van der Waals surface area contributed by atoms with E-state index < -0.39 is 5.91 Å². The van der Waals surface area contributed by atoms with E-state index in [2.05, 4.69) is 5.32 Å². The minimum absolute atomic E-state index is 0.0624.